The molecule has 5 heterocycles. The fraction of sp³-hybridized carbons (Fsp3) is 0.500. The number of aromatic nitrogens is 4. The van der Waals surface area contributed by atoms with Crippen molar-refractivity contribution in [2.45, 2.75) is 56.2 Å². The number of aromatic hydroxyl groups is 1. The van der Waals surface area contributed by atoms with Crippen molar-refractivity contribution in [3.05, 3.63) is 36.7 Å². The topological polar surface area (TPSA) is 82.3 Å². The van der Waals surface area contributed by atoms with Gasteiger partial charge in [0.25, 0.3) is 5.92 Å². The lowest BCUT2D eigenvalue weighted by molar-refractivity contribution is -0.0670. The van der Waals surface area contributed by atoms with Gasteiger partial charge in [-0.1, -0.05) is 6.07 Å². The van der Waals surface area contributed by atoms with Gasteiger partial charge in [0.15, 0.2) is 5.82 Å². The maximum Gasteiger partial charge on any atom is 0.251 e. The van der Waals surface area contributed by atoms with Crippen molar-refractivity contribution in [1.82, 2.24) is 25.3 Å². The van der Waals surface area contributed by atoms with Gasteiger partial charge in [0.1, 0.15) is 5.75 Å². The van der Waals surface area contributed by atoms with Crippen molar-refractivity contribution in [2.24, 2.45) is 7.05 Å². The molecule has 1 aromatic carbocycles. The Kier molecular flexibility index (Phi) is 5.59. The normalized spacial score (nSPS) is 25.4. The number of nitrogens with zero attached hydrogens (tertiary/aromatic N) is 6. The fourth-order valence-electron chi connectivity index (χ4n) is 6.12. The summed E-state index contributed by atoms with van der Waals surface area (Å²) in [6, 6.07) is 7.30. The summed E-state index contributed by atoms with van der Waals surface area (Å²) in [5, 5.41) is 27.6. The first kappa shape index (κ1) is 23.1. The monoisotopic (exact) mass is 495 g/mol. The van der Waals surface area contributed by atoms with Crippen LogP contribution < -0.4 is 15.1 Å². The van der Waals surface area contributed by atoms with Crippen molar-refractivity contribution < 1.29 is 13.9 Å². The first-order valence-electron chi connectivity index (χ1n) is 12.6. The highest BCUT2D eigenvalue weighted by Gasteiger charge is 2.46. The highest BCUT2D eigenvalue weighted by molar-refractivity contribution is 5.78. The van der Waals surface area contributed by atoms with E-state index in [1.54, 1.807) is 16.9 Å². The van der Waals surface area contributed by atoms with Crippen LogP contribution in [0.4, 0.5) is 20.3 Å². The van der Waals surface area contributed by atoms with Crippen LogP contribution >= 0.6 is 0 Å². The number of fused-ring (bicyclic) bond motifs is 3. The van der Waals surface area contributed by atoms with E-state index in [2.05, 4.69) is 30.4 Å². The lowest BCUT2D eigenvalue weighted by Crippen LogP contribution is -2.59. The largest absolute Gasteiger partial charge is 0.507 e. The number of aryl methyl sites for hydroxylation is 1. The molecule has 8 nitrogen and oxygen atoms in total. The van der Waals surface area contributed by atoms with E-state index in [-0.39, 0.29) is 36.7 Å². The van der Waals surface area contributed by atoms with E-state index in [1.165, 1.54) is 0 Å². The summed E-state index contributed by atoms with van der Waals surface area (Å²) in [5.74, 6) is -1.65. The van der Waals surface area contributed by atoms with Crippen molar-refractivity contribution in [1.29, 1.82) is 0 Å². The van der Waals surface area contributed by atoms with Crippen molar-refractivity contribution in [3.8, 4) is 28.1 Å². The van der Waals surface area contributed by atoms with Crippen LogP contribution in [0.25, 0.3) is 22.4 Å². The van der Waals surface area contributed by atoms with Gasteiger partial charge in [-0.25, -0.2) is 8.78 Å². The number of anilines is 2. The van der Waals surface area contributed by atoms with Crippen LogP contribution in [-0.4, -0.2) is 69.3 Å². The molecule has 10 heteroatoms. The number of halogens is 2. The number of nitrogens with one attached hydrogen (secondary N) is 1. The minimum Gasteiger partial charge on any atom is -0.507 e. The van der Waals surface area contributed by atoms with Crippen molar-refractivity contribution >= 4 is 11.5 Å². The molecular formula is C26H31F2N7O. The van der Waals surface area contributed by atoms with Gasteiger partial charge in [-0.3, -0.25) is 4.68 Å². The number of hydrogen-bond donors (Lipinski definition) is 2. The number of piperidine rings is 2. The van der Waals surface area contributed by atoms with Gasteiger partial charge >= 0.3 is 0 Å². The smallest absolute Gasteiger partial charge is 0.251 e. The molecule has 2 N–H and O–H groups in total. The van der Waals surface area contributed by atoms with Crippen LogP contribution in [0.1, 0.15) is 32.1 Å². The number of benzene rings is 1. The minimum atomic E-state index is -2.58. The molecule has 0 radical (unpaired) electrons. The fourth-order valence-corrected chi connectivity index (χ4v) is 6.12. The maximum absolute atomic E-state index is 14.1. The van der Waals surface area contributed by atoms with Crippen molar-refractivity contribution in [2.75, 3.05) is 29.9 Å². The van der Waals surface area contributed by atoms with E-state index in [1.807, 2.05) is 38.5 Å². The van der Waals surface area contributed by atoms with E-state index >= 15 is 0 Å². The summed E-state index contributed by atoms with van der Waals surface area (Å²) in [7, 11) is 3.89. The van der Waals surface area contributed by atoms with Crippen molar-refractivity contribution in [3.63, 3.8) is 0 Å². The third-order valence-electron chi connectivity index (χ3n) is 7.76. The van der Waals surface area contributed by atoms with Gasteiger partial charge in [-0.05, 0) is 43.0 Å². The maximum atomic E-state index is 14.1. The van der Waals surface area contributed by atoms with E-state index in [0.717, 1.165) is 42.1 Å². The zero-order valence-electron chi connectivity index (χ0n) is 20.5. The summed E-state index contributed by atoms with van der Waals surface area (Å²) in [4.78, 5) is 4.45. The first-order valence-corrected chi connectivity index (χ1v) is 12.6. The molecule has 3 aliphatic heterocycles. The Morgan fingerprint density at radius 1 is 1.03 bits per heavy atom. The van der Waals surface area contributed by atoms with E-state index in [0.29, 0.717) is 24.1 Å². The molecule has 3 aliphatic rings. The predicted molar refractivity (Wildman–Crippen MR) is 134 cm³/mol. The summed E-state index contributed by atoms with van der Waals surface area (Å²) in [6.07, 6.45) is 5.76. The Bertz CT molecular complexity index is 1260. The molecule has 190 valence electrons. The molecule has 0 spiro atoms. The lowest BCUT2D eigenvalue weighted by atomic mass is 9.81. The molecule has 2 fully saturated rings. The minimum absolute atomic E-state index is 0.0977. The van der Waals surface area contributed by atoms with Crippen LogP contribution in [0, 0.1) is 0 Å². The van der Waals surface area contributed by atoms with Crippen LogP contribution in [-0.2, 0) is 7.05 Å². The van der Waals surface area contributed by atoms with Gasteiger partial charge in [-0.15, -0.1) is 10.2 Å². The van der Waals surface area contributed by atoms with Crippen LogP contribution in [0.2, 0.25) is 0 Å². The second-order valence-electron chi connectivity index (χ2n) is 10.5. The second-order valence-corrected chi connectivity index (χ2v) is 10.5. The number of rotatable bonds is 3. The van der Waals surface area contributed by atoms with Gasteiger partial charge < -0.3 is 20.2 Å². The zero-order valence-corrected chi connectivity index (χ0v) is 20.5. The Balaban J connectivity index is 1.31. The van der Waals surface area contributed by atoms with Crippen LogP contribution in [0.5, 0.6) is 5.75 Å². The van der Waals surface area contributed by atoms with E-state index in [4.69, 9.17) is 0 Å². The Hall–Kier alpha value is -3.27. The SMILES string of the molecule is CN1CCCN(C2C[C@@H]3CC(F)(F)C[C@@H](C2)N3)c2nnc(-c3ccc(-c4cnn(C)c4)cc3O)cc21. The molecule has 0 saturated carbocycles. The molecule has 36 heavy (non-hydrogen) atoms. The average molecular weight is 496 g/mol. The molecule has 0 amide bonds. The molecule has 2 atom stereocenters. The Morgan fingerprint density at radius 2 is 1.81 bits per heavy atom. The summed E-state index contributed by atoms with van der Waals surface area (Å²) >= 11 is 0. The number of phenolic OH excluding ortho intramolecular Hbond substituents is 1. The van der Waals surface area contributed by atoms with Gasteiger partial charge in [0.05, 0.1) is 17.6 Å². The molecule has 0 unspecified atom stereocenters. The van der Waals surface area contributed by atoms with E-state index < -0.39 is 5.92 Å². The van der Waals surface area contributed by atoms with E-state index in [9.17, 15) is 13.9 Å². The standard InChI is InChI=1S/C26H31F2N7O/c1-33-6-3-7-35(20-9-18-12-26(27,28)13-19(10-20)30-18)25-23(33)11-22(31-32-25)21-5-4-16(8-24(21)36)17-14-29-34(2)15-17/h4-5,8,11,14-15,18-20,30,36H,3,6-7,9-10,12-13H2,1-2H3/t18-,19-/m1/s1. The van der Waals surface area contributed by atoms with Gasteiger partial charge in [0.2, 0.25) is 0 Å². The molecule has 6 rings (SSSR count). The average Bonchev–Trinajstić information content (AvgIpc) is 3.19. The first-order chi connectivity index (χ1) is 17.3. The summed E-state index contributed by atoms with van der Waals surface area (Å²) in [6.45, 7) is 1.67. The number of hydrogen-bond acceptors (Lipinski definition) is 7. The van der Waals surface area contributed by atoms with Crippen LogP contribution in [0.3, 0.4) is 0 Å². The molecule has 2 aromatic heterocycles. The zero-order chi connectivity index (χ0) is 25.0. The third kappa shape index (κ3) is 4.27. The molecule has 2 saturated heterocycles. The molecule has 0 aliphatic carbocycles. The Morgan fingerprint density at radius 3 is 2.50 bits per heavy atom. The van der Waals surface area contributed by atoms with Gasteiger partial charge in [0, 0.05) is 75.5 Å². The highest BCUT2D eigenvalue weighted by atomic mass is 19.3. The predicted octanol–water partition coefficient (Wildman–Crippen LogP) is 3.81. The third-order valence-corrected chi connectivity index (χ3v) is 7.76. The van der Waals surface area contributed by atoms with Gasteiger partial charge in [-0.2, -0.15) is 5.10 Å². The Labute approximate surface area is 208 Å². The summed E-state index contributed by atoms with van der Waals surface area (Å²) in [5.41, 5.74) is 3.95. The second kappa shape index (κ2) is 8.69. The number of phenols is 1. The van der Waals surface area contributed by atoms with Crippen LogP contribution in [0.15, 0.2) is 36.7 Å². The lowest BCUT2D eigenvalue weighted by Gasteiger charge is -2.46. The quantitative estimate of drug-likeness (QED) is 0.572. The molecule has 3 aromatic rings. The summed E-state index contributed by atoms with van der Waals surface area (Å²) < 4.78 is 29.9. The molecular weight excluding hydrogens is 464 g/mol. The molecule has 2 bridgehead atoms. The highest BCUT2D eigenvalue weighted by Crippen LogP contribution is 2.41. The number of alkyl halides is 2.